The molecule has 5 rings (SSSR count). The van der Waals surface area contributed by atoms with Crippen LogP contribution in [0.2, 0.25) is 0 Å². The number of rotatable bonds is 3. The van der Waals surface area contributed by atoms with Gasteiger partial charge in [-0.2, -0.15) is 10.5 Å². The molecule has 0 amide bonds. The van der Waals surface area contributed by atoms with Gasteiger partial charge < -0.3 is 19.1 Å². The fourth-order valence-electron chi connectivity index (χ4n) is 4.81. The van der Waals surface area contributed by atoms with Crippen molar-refractivity contribution < 1.29 is 23.8 Å². The first kappa shape index (κ1) is 23.0. The first-order valence-electron chi connectivity index (χ1n) is 11.0. The van der Waals surface area contributed by atoms with Crippen LogP contribution < -0.4 is 0 Å². The highest BCUT2D eigenvalue weighted by Crippen LogP contribution is 2.56. The highest BCUT2D eigenvalue weighted by atomic mass is 16.6. The van der Waals surface area contributed by atoms with Crippen LogP contribution in [0.3, 0.4) is 0 Å². The summed E-state index contributed by atoms with van der Waals surface area (Å²) in [6.45, 7) is 1.98. The quantitative estimate of drug-likeness (QED) is 0.601. The number of ether oxygens (including phenoxy) is 3. The van der Waals surface area contributed by atoms with Crippen LogP contribution in [0, 0.1) is 22.7 Å². The summed E-state index contributed by atoms with van der Waals surface area (Å²) in [5.41, 5.74) is -0.0575. The number of esters is 2. The molecule has 36 heavy (non-hydrogen) atoms. The van der Waals surface area contributed by atoms with Crippen LogP contribution in [0.5, 0.6) is 0 Å². The summed E-state index contributed by atoms with van der Waals surface area (Å²) in [7, 11) is 2.41. The van der Waals surface area contributed by atoms with Crippen LogP contribution >= 0.6 is 0 Å². The summed E-state index contributed by atoms with van der Waals surface area (Å²) in [6.07, 6.45) is 5.18. The van der Waals surface area contributed by atoms with E-state index in [0.29, 0.717) is 17.5 Å². The summed E-state index contributed by atoms with van der Waals surface area (Å²) < 4.78 is 16.9. The third-order valence-electron chi connectivity index (χ3n) is 6.40. The summed E-state index contributed by atoms with van der Waals surface area (Å²) in [6, 6.07) is 10.8. The lowest BCUT2D eigenvalue weighted by Gasteiger charge is -2.45. The topological polar surface area (TPSA) is 138 Å². The van der Waals surface area contributed by atoms with Gasteiger partial charge in [-0.15, -0.1) is 0 Å². The largest absolute Gasteiger partial charge is 0.465 e. The summed E-state index contributed by atoms with van der Waals surface area (Å²) >= 11 is 0. The predicted molar refractivity (Wildman–Crippen MR) is 123 cm³/mol. The first-order valence-corrected chi connectivity index (χ1v) is 11.0. The summed E-state index contributed by atoms with van der Waals surface area (Å²) in [5.74, 6) is -1.63. The van der Waals surface area contributed by atoms with Crippen LogP contribution in [0.1, 0.15) is 36.0 Å². The molecule has 0 fully saturated rings. The highest BCUT2D eigenvalue weighted by Gasteiger charge is 2.59. The lowest BCUT2D eigenvalue weighted by Crippen LogP contribution is -2.52. The van der Waals surface area contributed by atoms with E-state index in [2.05, 4.69) is 9.97 Å². The Kier molecular flexibility index (Phi) is 5.39. The Labute approximate surface area is 206 Å². The standard InChI is InChI=1S/C26H19N5O5/c1-4-14-9-10-31-19(11-14)36-26(20(24(32)34-2)22(31)25(33)35-3)16-8-6-5-7-15(16)21-23(26)30-18(13-28)17(12-27)29-21/h5-11,19H,4H2,1-3H3. The number of carbonyl (C=O) groups is 2. The van der Waals surface area contributed by atoms with Gasteiger partial charge in [0, 0.05) is 17.3 Å². The molecule has 0 saturated carbocycles. The molecule has 1 aromatic carbocycles. The van der Waals surface area contributed by atoms with Crippen molar-refractivity contribution in [3.05, 3.63) is 82.1 Å². The Balaban J connectivity index is 1.96. The number of nitriles is 2. The van der Waals surface area contributed by atoms with Gasteiger partial charge in [0.1, 0.15) is 29.1 Å². The molecule has 1 aliphatic carbocycles. The second-order valence-corrected chi connectivity index (χ2v) is 8.10. The third kappa shape index (κ3) is 2.98. The summed E-state index contributed by atoms with van der Waals surface area (Å²) in [5, 5.41) is 19.3. The number of methoxy groups -OCH3 is 2. The molecule has 3 heterocycles. The number of nitrogens with zero attached hydrogens (tertiary/aromatic N) is 5. The van der Waals surface area contributed by atoms with Crippen molar-refractivity contribution in [1.29, 1.82) is 10.5 Å². The smallest absolute Gasteiger partial charge is 0.355 e. The fraction of sp³-hybridized carbons (Fsp3) is 0.231. The van der Waals surface area contributed by atoms with Gasteiger partial charge in [-0.3, -0.25) is 0 Å². The number of hydrogen-bond acceptors (Lipinski definition) is 10. The lowest BCUT2D eigenvalue weighted by molar-refractivity contribution is -0.154. The average molecular weight is 481 g/mol. The minimum absolute atomic E-state index is 0.0874. The van der Waals surface area contributed by atoms with E-state index >= 15 is 0 Å². The van der Waals surface area contributed by atoms with Crippen molar-refractivity contribution in [3.63, 3.8) is 0 Å². The third-order valence-corrected chi connectivity index (χ3v) is 6.40. The van der Waals surface area contributed by atoms with Gasteiger partial charge in [-0.05, 0) is 24.1 Å². The molecule has 0 radical (unpaired) electrons. The van der Waals surface area contributed by atoms with Gasteiger partial charge >= 0.3 is 11.9 Å². The summed E-state index contributed by atoms with van der Waals surface area (Å²) in [4.78, 5) is 37.1. The maximum Gasteiger partial charge on any atom is 0.355 e. The molecule has 0 N–H and O–H groups in total. The zero-order valence-corrected chi connectivity index (χ0v) is 19.6. The molecule has 2 unspecified atom stereocenters. The minimum atomic E-state index is -1.77. The van der Waals surface area contributed by atoms with E-state index in [9.17, 15) is 20.1 Å². The number of carbonyl (C=O) groups excluding carboxylic acids is 2. The van der Waals surface area contributed by atoms with Crippen molar-refractivity contribution in [2.75, 3.05) is 14.2 Å². The lowest BCUT2D eigenvalue weighted by atomic mass is 9.82. The molecule has 10 nitrogen and oxygen atoms in total. The van der Waals surface area contributed by atoms with Gasteiger partial charge in [0.2, 0.25) is 0 Å². The monoisotopic (exact) mass is 481 g/mol. The van der Waals surface area contributed by atoms with E-state index in [1.807, 2.05) is 31.2 Å². The van der Waals surface area contributed by atoms with Crippen molar-refractivity contribution in [2.45, 2.75) is 25.2 Å². The Hall–Kier alpha value is -4.80. The van der Waals surface area contributed by atoms with Crippen LogP contribution in [0.4, 0.5) is 0 Å². The minimum Gasteiger partial charge on any atom is -0.465 e. The average Bonchev–Trinajstić information content (AvgIpc) is 3.18. The number of allylic oxidation sites excluding steroid dienone is 2. The van der Waals surface area contributed by atoms with E-state index < -0.39 is 23.8 Å². The van der Waals surface area contributed by atoms with Crippen molar-refractivity contribution in [3.8, 4) is 23.4 Å². The predicted octanol–water partition coefficient (Wildman–Crippen LogP) is 2.57. The van der Waals surface area contributed by atoms with Crippen molar-refractivity contribution in [1.82, 2.24) is 14.9 Å². The molecule has 2 atom stereocenters. The van der Waals surface area contributed by atoms with Gasteiger partial charge in [0.25, 0.3) is 0 Å². The molecule has 3 aliphatic rings. The van der Waals surface area contributed by atoms with Gasteiger partial charge in [-0.1, -0.05) is 31.2 Å². The molecule has 10 heteroatoms. The van der Waals surface area contributed by atoms with E-state index in [1.165, 1.54) is 19.1 Å². The molecule has 2 aromatic rings. The molecule has 178 valence electrons. The number of benzene rings is 1. The maximum atomic E-state index is 13.5. The van der Waals surface area contributed by atoms with E-state index in [1.54, 1.807) is 30.5 Å². The molecule has 1 aromatic heterocycles. The van der Waals surface area contributed by atoms with Crippen LogP contribution in [-0.4, -0.2) is 47.3 Å². The Morgan fingerprint density at radius 1 is 1.11 bits per heavy atom. The van der Waals surface area contributed by atoms with Crippen LogP contribution in [0.25, 0.3) is 11.3 Å². The Bertz CT molecular complexity index is 1510. The molecule has 1 spiro atoms. The second kappa shape index (κ2) is 8.45. The zero-order chi connectivity index (χ0) is 25.6. The normalized spacial score (nSPS) is 21.1. The molecule has 0 saturated heterocycles. The van der Waals surface area contributed by atoms with E-state index in [0.717, 1.165) is 5.57 Å². The van der Waals surface area contributed by atoms with Gasteiger partial charge in [0.15, 0.2) is 23.2 Å². The van der Waals surface area contributed by atoms with Gasteiger partial charge in [0.05, 0.1) is 19.9 Å². The maximum absolute atomic E-state index is 13.5. The number of hydrogen-bond donors (Lipinski definition) is 0. The second-order valence-electron chi connectivity index (χ2n) is 8.10. The van der Waals surface area contributed by atoms with Crippen molar-refractivity contribution >= 4 is 11.9 Å². The molecule has 0 bridgehead atoms. The Morgan fingerprint density at radius 3 is 2.47 bits per heavy atom. The number of aromatic nitrogens is 2. The van der Waals surface area contributed by atoms with E-state index in [-0.39, 0.29) is 34.0 Å². The van der Waals surface area contributed by atoms with Crippen LogP contribution in [0.15, 0.2) is 59.5 Å². The fourth-order valence-corrected chi connectivity index (χ4v) is 4.81. The van der Waals surface area contributed by atoms with Crippen molar-refractivity contribution in [2.24, 2.45) is 0 Å². The molecular weight excluding hydrogens is 462 g/mol. The molecule has 2 aliphatic heterocycles. The molecular formula is C26H19N5O5. The first-order chi connectivity index (χ1) is 17.4. The zero-order valence-electron chi connectivity index (χ0n) is 19.6. The SMILES string of the molecule is CCC1=CC2OC3(C(C(=O)OC)=C(C(=O)OC)N2C=C1)c1ccccc1-c1nc(C#N)c(C#N)nc13. The van der Waals surface area contributed by atoms with Gasteiger partial charge in [-0.25, -0.2) is 19.6 Å². The number of fused-ring (bicyclic) bond motifs is 6. The van der Waals surface area contributed by atoms with E-state index in [4.69, 9.17) is 14.2 Å². The van der Waals surface area contributed by atoms with Crippen LogP contribution in [-0.2, 0) is 29.4 Å². The highest BCUT2D eigenvalue weighted by molar-refractivity contribution is 6.04. The Morgan fingerprint density at radius 2 is 1.81 bits per heavy atom.